The van der Waals surface area contributed by atoms with E-state index in [1.807, 2.05) is 20.8 Å². The normalized spacial score (nSPS) is 25.9. The van der Waals surface area contributed by atoms with Gasteiger partial charge in [0.05, 0.1) is 6.10 Å². The Morgan fingerprint density at radius 3 is 2.44 bits per heavy atom. The predicted octanol–water partition coefficient (Wildman–Crippen LogP) is -0.130. The Hall–Kier alpha value is -1.10. The second-order valence-corrected chi connectivity index (χ2v) is 5.59. The molecule has 5 heteroatoms. The van der Waals surface area contributed by atoms with Gasteiger partial charge in [-0.15, -0.1) is 0 Å². The number of aliphatic hydroxyl groups is 1. The molecule has 0 aromatic heterocycles. The van der Waals surface area contributed by atoms with Crippen molar-refractivity contribution >= 4 is 11.8 Å². The minimum absolute atomic E-state index is 0.118. The molecule has 0 aromatic carbocycles. The number of carbonyl (C=O) groups is 2. The van der Waals surface area contributed by atoms with Gasteiger partial charge in [0, 0.05) is 19.4 Å². The molecule has 2 amide bonds. The molecule has 0 saturated carbocycles. The van der Waals surface area contributed by atoms with Crippen LogP contribution in [0, 0.1) is 5.41 Å². The maximum absolute atomic E-state index is 11.9. The van der Waals surface area contributed by atoms with Gasteiger partial charge in [0.15, 0.2) is 0 Å². The average Bonchev–Trinajstić information content (AvgIpc) is 2.44. The summed E-state index contributed by atoms with van der Waals surface area (Å²) in [6.07, 6.45) is -0.0317. The van der Waals surface area contributed by atoms with Crippen LogP contribution in [0.2, 0.25) is 0 Å². The van der Waals surface area contributed by atoms with Gasteiger partial charge in [0.1, 0.15) is 6.04 Å². The monoisotopic (exact) mass is 228 g/mol. The van der Waals surface area contributed by atoms with Crippen LogP contribution in [-0.2, 0) is 9.59 Å². The van der Waals surface area contributed by atoms with E-state index in [1.165, 1.54) is 4.90 Å². The van der Waals surface area contributed by atoms with Crippen LogP contribution in [0.5, 0.6) is 0 Å². The number of rotatable bonds is 2. The van der Waals surface area contributed by atoms with Crippen molar-refractivity contribution in [2.24, 2.45) is 11.1 Å². The van der Waals surface area contributed by atoms with Crippen molar-refractivity contribution in [3.8, 4) is 0 Å². The number of carbonyl (C=O) groups excluding carboxylic acids is 2. The Balaban J connectivity index is 2.71. The topological polar surface area (TPSA) is 83.6 Å². The third-order valence-corrected chi connectivity index (χ3v) is 2.61. The van der Waals surface area contributed by atoms with Crippen molar-refractivity contribution in [2.75, 3.05) is 6.54 Å². The molecule has 92 valence electrons. The molecule has 2 atom stereocenters. The number of aliphatic hydroxyl groups excluding tert-OH is 1. The van der Waals surface area contributed by atoms with Crippen LogP contribution in [0.25, 0.3) is 0 Å². The number of amides is 2. The lowest BCUT2D eigenvalue weighted by Gasteiger charge is -2.26. The van der Waals surface area contributed by atoms with E-state index in [1.54, 1.807) is 0 Å². The van der Waals surface area contributed by atoms with E-state index in [0.717, 1.165) is 0 Å². The lowest BCUT2D eigenvalue weighted by atomic mass is 9.91. The summed E-state index contributed by atoms with van der Waals surface area (Å²) in [7, 11) is 0. The fraction of sp³-hybridized carbons (Fsp3) is 0.818. The van der Waals surface area contributed by atoms with Crippen LogP contribution in [0.3, 0.4) is 0 Å². The lowest BCUT2D eigenvalue weighted by molar-refractivity contribution is -0.138. The second-order valence-electron chi connectivity index (χ2n) is 5.59. The molecule has 0 aromatic rings. The van der Waals surface area contributed by atoms with Gasteiger partial charge in [-0.2, -0.15) is 0 Å². The van der Waals surface area contributed by atoms with Crippen LogP contribution in [0.1, 0.15) is 33.6 Å². The number of likely N-dealkylation sites (tertiary alicyclic amines) is 1. The highest BCUT2D eigenvalue weighted by molar-refractivity contribution is 5.87. The van der Waals surface area contributed by atoms with Crippen molar-refractivity contribution in [1.29, 1.82) is 0 Å². The smallest absolute Gasteiger partial charge is 0.240 e. The summed E-state index contributed by atoms with van der Waals surface area (Å²) in [5.41, 5.74) is 5.08. The van der Waals surface area contributed by atoms with Gasteiger partial charge in [-0.25, -0.2) is 0 Å². The van der Waals surface area contributed by atoms with Gasteiger partial charge < -0.3 is 15.7 Å². The molecule has 1 rings (SSSR count). The maximum atomic E-state index is 11.9. The maximum Gasteiger partial charge on any atom is 0.240 e. The van der Waals surface area contributed by atoms with E-state index in [9.17, 15) is 14.7 Å². The molecule has 5 nitrogen and oxygen atoms in total. The number of nitrogens with two attached hydrogens (primary N) is 1. The highest BCUT2D eigenvalue weighted by Crippen LogP contribution is 2.24. The Kier molecular flexibility index (Phi) is 3.57. The molecule has 1 heterocycles. The van der Waals surface area contributed by atoms with Crippen LogP contribution in [0.4, 0.5) is 0 Å². The fourth-order valence-corrected chi connectivity index (χ4v) is 1.91. The van der Waals surface area contributed by atoms with Crippen molar-refractivity contribution in [1.82, 2.24) is 4.90 Å². The molecule has 0 aliphatic carbocycles. The zero-order valence-electron chi connectivity index (χ0n) is 10.1. The summed E-state index contributed by atoms with van der Waals surface area (Å²) in [4.78, 5) is 24.5. The first kappa shape index (κ1) is 13.0. The van der Waals surface area contributed by atoms with Crippen LogP contribution < -0.4 is 5.73 Å². The van der Waals surface area contributed by atoms with Gasteiger partial charge in [-0.3, -0.25) is 9.59 Å². The molecular formula is C11H20N2O3. The van der Waals surface area contributed by atoms with Crippen molar-refractivity contribution in [2.45, 2.75) is 45.8 Å². The average molecular weight is 228 g/mol. The number of hydrogen-bond donors (Lipinski definition) is 2. The summed E-state index contributed by atoms with van der Waals surface area (Å²) in [6, 6.07) is -0.648. The van der Waals surface area contributed by atoms with E-state index >= 15 is 0 Å². The van der Waals surface area contributed by atoms with Crippen LogP contribution >= 0.6 is 0 Å². The van der Waals surface area contributed by atoms with Crippen molar-refractivity contribution < 1.29 is 14.7 Å². The number of primary amides is 1. The minimum atomic E-state index is -0.648. The van der Waals surface area contributed by atoms with E-state index in [-0.39, 0.29) is 24.3 Å². The van der Waals surface area contributed by atoms with E-state index in [4.69, 9.17) is 5.73 Å². The van der Waals surface area contributed by atoms with Gasteiger partial charge in [0.2, 0.25) is 11.8 Å². The lowest BCUT2D eigenvalue weighted by Crippen LogP contribution is -2.44. The molecule has 0 spiro atoms. The summed E-state index contributed by atoms with van der Waals surface area (Å²) in [6.45, 7) is 6.08. The molecule has 1 fully saturated rings. The molecule has 3 N–H and O–H groups in total. The van der Waals surface area contributed by atoms with Crippen LogP contribution in [0.15, 0.2) is 0 Å². The van der Waals surface area contributed by atoms with Gasteiger partial charge in [0.25, 0.3) is 0 Å². The number of β-amino-alcohol motifs (C(OH)–C–C–N with tert-alkyl or cyclic N) is 1. The summed E-state index contributed by atoms with van der Waals surface area (Å²) < 4.78 is 0. The van der Waals surface area contributed by atoms with Gasteiger partial charge in [-0.1, -0.05) is 20.8 Å². The number of hydrogen-bond acceptors (Lipinski definition) is 3. The molecule has 1 aliphatic heterocycles. The molecule has 0 bridgehead atoms. The number of nitrogens with zero attached hydrogens (tertiary/aromatic N) is 1. The van der Waals surface area contributed by atoms with Crippen LogP contribution in [-0.4, -0.2) is 40.5 Å². The molecule has 0 radical (unpaired) electrons. The van der Waals surface area contributed by atoms with Gasteiger partial charge in [-0.05, 0) is 5.41 Å². The first-order valence-corrected chi connectivity index (χ1v) is 5.47. The van der Waals surface area contributed by atoms with E-state index in [2.05, 4.69) is 0 Å². The van der Waals surface area contributed by atoms with Crippen molar-refractivity contribution in [3.63, 3.8) is 0 Å². The Morgan fingerprint density at radius 1 is 1.44 bits per heavy atom. The molecule has 0 unspecified atom stereocenters. The molecule has 1 aliphatic rings. The first-order valence-electron chi connectivity index (χ1n) is 5.47. The second kappa shape index (κ2) is 4.41. The Morgan fingerprint density at radius 2 is 2.00 bits per heavy atom. The zero-order chi connectivity index (χ0) is 12.5. The zero-order valence-corrected chi connectivity index (χ0v) is 10.1. The largest absolute Gasteiger partial charge is 0.391 e. The molecule has 1 saturated heterocycles. The summed E-state index contributed by atoms with van der Waals surface area (Å²) in [5.74, 6) is -0.661. The van der Waals surface area contributed by atoms with E-state index < -0.39 is 18.1 Å². The highest BCUT2D eigenvalue weighted by Gasteiger charge is 2.38. The summed E-state index contributed by atoms with van der Waals surface area (Å²) >= 11 is 0. The molecular weight excluding hydrogens is 208 g/mol. The standard InChI is InChI=1S/C11H20N2O3/c1-11(2,3)5-9(15)13-6-7(14)4-8(13)10(12)16/h7-8,14H,4-6H2,1-3H3,(H2,12,16)/t7-,8+/m0/s1. The van der Waals surface area contributed by atoms with E-state index in [0.29, 0.717) is 6.42 Å². The molecule has 16 heavy (non-hydrogen) atoms. The third kappa shape index (κ3) is 3.20. The van der Waals surface area contributed by atoms with Crippen molar-refractivity contribution in [3.05, 3.63) is 0 Å². The fourth-order valence-electron chi connectivity index (χ4n) is 1.91. The summed E-state index contributed by atoms with van der Waals surface area (Å²) in [5, 5.41) is 9.46. The highest BCUT2D eigenvalue weighted by atomic mass is 16.3. The Bertz CT molecular complexity index is 296. The SMILES string of the molecule is CC(C)(C)CC(=O)N1C[C@@H](O)C[C@@H]1C(N)=O. The van der Waals surface area contributed by atoms with Gasteiger partial charge >= 0.3 is 0 Å². The quantitative estimate of drug-likeness (QED) is 0.690. The predicted molar refractivity (Wildman–Crippen MR) is 59.4 cm³/mol. The first-order chi connectivity index (χ1) is 7.20. The third-order valence-electron chi connectivity index (χ3n) is 2.61. The minimum Gasteiger partial charge on any atom is -0.391 e. The Labute approximate surface area is 95.6 Å².